The minimum absolute atomic E-state index is 0.0336. The van der Waals surface area contributed by atoms with Crippen molar-refractivity contribution < 1.29 is 4.79 Å². The number of anilines is 1. The van der Waals surface area contributed by atoms with Crippen LogP contribution in [0.25, 0.3) is 0 Å². The summed E-state index contributed by atoms with van der Waals surface area (Å²) in [5.41, 5.74) is 1.69. The van der Waals surface area contributed by atoms with Gasteiger partial charge < -0.3 is 10.6 Å². The zero-order valence-corrected chi connectivity index (χ0v) is 13.8. The first-order chi connectivity index (χ1) is 9.54. The lowest BCUT2D eigenvalue weighted by molar-refractivity contribution is 0.0943. The Morgan fingerprint density at radius 3 is 2.45 bits per heavy atom. The lowest BCUT2D eigenvalue weighted by atomic mass is 10.2. The Balaban J connectivity index is 1.93. The summed E-state index contributed by atoms with van der Waals surface area (Å²) < 4.78 is 1.13. The summed E-state index contributed by atoms with van der Waals surface area (Å²) in [4.78, 5) is 13.1. The number of thiophene rings is 1. The van der Waals surface area contributed by atoms with Gasteiger partial charge in [-0.15, -0.1) is 11.3 Å². The standard InChI is InChI=1S/C15H17BrN2OS/c1-10(2)18-15(19)11-3-5-12(6-4-11)17-9-13-7-8-14(16)20-13/h3-8,10,17H,9H2,1-2H3,(H,18,19). The molecule has 0 fully saturated rings. The molecule has 0 unspecified atom stereocenters. The van der Waals surface area contributed by atoms with E-state index in [1.807, 2.05) is 44.2 Å². The van der Waals surface area contributed by atoms with Crippen LogP contribution in [0.5, 0.6) is 0 Å². The molecule has 1 heterocycles. The van der Waals surface area contributed by atoms with E-state index in [4.69, 9.17) is 0 Å². The first-order valence-electron chi connectivity index (χ1n) is 6.43. The smallest absolute Gasteiger partial charge is 0.251 e. The molecule has 1 aromatic carbocycles. The predicted molar refractivity (Wildman–Crippen MR) is 88.4 cm³/mol. The van der Waals surface area contributed by atoms with Crippen molar-refractivity contribution in [2.24, 2.45) is 0 Å². The van der Waals surface area contributed by atoms with E-state index < -0.39 is 0 Å². The molecule has 0 radical (unpaired) electrons. The van der Waals surface area contributed by atoms with Crippen molar-refractivity contribution in [2.75, 3.05) is 5.32 Å². The van der Waals surface area contributed by atoms with E-state index in [0.717, 1.165) is 16.0 Å². The summed E-state index contributed by atoms with van der Waals surface area (Å²) >= 11 is 5.16. The van der Waals surface area contributed by atoms with Gasteiger partial charge in [-0.2, -0.15) is 0 Å². The predicted octanol–water partition coefficient (Wildman–Crippen LogP) is 4.26. The molecule has 5 heteroatoms. The zero-order valence-electron chi connectivity index (χ0n) is 11.4. The summed E-state index contributed by atoms with van der Waals surface area (Å²) in [6.45, 7) is 4.69. The van der Waals surface area contributed by atoms with Gasteiger partial charge in [-0.05, 0) is 66.2 Å². The maximum Gasteiger partial charge on any atom is 0.251 e. The highest BCUT2D eigenvalue weighted by Crippen LogP contribution is 2.23. The van der Waals surface area contributed by atoms with Gasteiger partial charge >= 0.3 is 0 Å². The van der Waals surface area contributed by atoms with Crippen molar-refractivity contribution in [3.8, 4) is 0 Å². The van der Waals surface area contributed by atoms with Gasteiger partial charge in [-0.1, -0.05) is 0 Å². The van der Waals surface area contributed by atoms with Crippen molar-refractivity contribution in [1.29, 1.82) is 0 Å². The Morgan fingerprint density at radius 1 is 1.20 bits per heavy atom. The fourth-order valence-corrected chi connectivity index (χ4v) is 3.14. The molecule has 3 nitrogen and oxygen atoms in total. The third-order valence-corrected chi connectivity index (χ3v) is 4.29. The lowest BCUT2D eigenvalue weighted by Gasteiger charge is -2.09. The lowest BCUT2D eigenvalue weighted by Crippen LogP contribution is -2.29. The SMILES string of the molecule is CC(C)NC(=O)c1ccc(NCc2ccc(Br)s2)cc1. The number of halogens is 1. The van der Waals surface area contributed by atoms with E-state index >= 15 is 0 Å². The Kier molecular flexibility index (Phi) is 5.20. The molecule has 1 aromatic heterocycles. The summed E-state index contributed by atoms with van der Waals surface area (Å²) in [7, 11) is 0. The molecule has 20 heavy (non-hydrogen) atoms. The van der Waals surface area contributed by atoms with Crippen molar-refractivity contribution in [3.05, 3.63) is 50.6 Å². The number of hydrogen-bond acceptors (Lipinski definition) is 3. The summed E-state index contributed by atoms with van der Waals surface area (Å²) in [6, 6.07) is 11.8. The van der Waals surface area contributed by atoms with Gasteiger partial charge in [-0.3, -0.25) is 4.79 Å². The highest BCUT2D eigenvalue weighted by atomic mass is 79.9. The van der Waals surface area contributed by atoms with Gasteiger partial charge in [0, 0.05) is 28.7 Å². The van der Waals surface area contributed by atoms with Gasteiger partial charge in [0.1, 0.15) is 0 Å². The van der Waals surface area contributed by atoms with Gasteiger partial charge in [0.2, 0.25) is 0 Å². The molecule has 0 bridgehead atoms. The Morgan fingerprint density at radius 2 is 1.90 bits per heavy atom. The molecule has 0 saturated carbocycles. The molecule has 0 aliphatic heterocycles. The molecule has 0 atom stereocenters. The molecule has 0 aliphatic rings. The quantitative estimate of drug-likeness (QED) is 0.843. The second kappa shape index (κ2) is 6.90. The molecule has 0 aliphatic carbocycles. The Bertz CT molecular complexity index is 578. The number of rotatable bonds is 5. The Labute approximate surface area is 131 Å². The average Bonchev–Trinajstić information content (AvgIpc) is 2.82. The van der Waals surface area contributed by atoms with Crippen molar-refractivity contribution in [3.63, 3.8) is 0 Å². The van der Waals surface area contributed by atoms with Gasteiger partial charge in [-0.25, -0.2) is 0 Å². The van der Waals surface area contributed by atoms with Crippen LogP contribution in [0, 0.1) is 0 Å². The van der Waals surface area contributed by atoms with E-state index in [2.05, 4.69) is 32.6 Å². The minimum Gasteiger partial charge on any atom is -0.380 e. The maximum absolute atomic E-state index is 11.8. The molecule has 0 saturated heterocycles. The number of benzene rings is 1. The molecular formula is C15H17BrN2OS. The van der Waals surface area contributed by atoms with E-state index in [1.165, 1.54) is 4.88 Å². The first kappa shape index (κ1) is 15.1. The van der Waals surface area contributed by atoms with Gasteiger partial charge in [0.25, 0.3) is 5.91 Å². The van der Waals surface area contributed by atoms with Crippen LogP contribution < -0.4 is 10.6 Å². The topological polar surface area (TPSA) is 41.1 Å². The zero-order chi connectivity index (χ0) is 14.5. The maximum atomic E-state index is 11.8. The van der Waals surface area contributed by atoms with Crippen LogP contribution in [0.3, 0.4) is 0 Å². The first-order valence-corrected chi connectivity index (χ1v) is 8.04. The van der Waals surface area contributed by atoms with Crippen LogP contribution in [0.4, 0.5) is 5.69 Å². The fraction of sp³-hybridized carbons (Fsp3) is 0.267. The van der Waals surface area contributed by atoms with E-state index in [0.29, 0.717) is 5.56 Å². The minimum atomic E-state index is -0.0336. The normalized spacial score (nSPS) is 10.6. The molecule has 106 valence electrons. The number of carbonyl (C=O) groups excluding carboxylic acids is 1. The number of hydrogen-bond donors (Lipinski definition) is 2. The van der Waals surface area contributed by atoms with Gasteiger partial charge in [0.15, 0.2) is 0 Å². The number of nitrogens with one attached hydrogen (secondary N) is 2. The van der Waals surface area contributed by atoms with Crippen LogP contribution in [-0.4, -0.2) is 11.9 Å². The third kappa shape index (κ3) is 4.35. The van der Waals surface area contributed by atoms with Crippen molar-refractivity contribution in [1.82, 2.24) is 5.32 Å². The summed E-state index contributed by atoms with van der Waals surface area (Å²) in [6.07, 6.45) is 0. The van der Waals surface area contributed by atoms with E-state index in [-0.39, 0.29) is 11.9 Å². The molecule has 2 N–H and O–H groups in total. The summed E-state index contributed by atoms with van der Waals surface area (Å²) in [5.74, 6) is -0.0336. The fourth-order valence-electron chi connectivity index (χ4n) is 1.72. The van der Waals surface area contributed by atoms with Gasteiger partial charge in [0.05, 0.1) is 3.79 Å². The molecule has 2 rings (SSSR count). The van der Waals surface area contributed by atoms with Crippen molar-refractivity contribution >= 4 is 38.9 Å². The second-order valence-electron chi connectivity index (χ2n) is 4.76. The molecular weight excluding hydrogens is 336 g/mol. The van der Waals surface area contributed by atoms with Crippen LogP contribution in [0.15, 0.2) is 40.2 Å². The molecule has 2 aromatic rings. The number of carbonyl (C=O) groups is 1. The highest BCUT2D eigenvalue weighted by molar-refractivity contribution is 9.11. The average molecular weight is 353 g/mol. The van der Waals surface area contributed by atoms with Crippen LogP contribution in [-0.2, 0) is 6.54 Å². The van der Waals surface area contributed by atoms with Crippen LogP contribution >= 0.6 is 27.3 Å². The van der Waals surface area contributed by atoms with Crippen molar-refractivity contribution in [2.45, 2.75) is 26.4 Å². The molecule has 1 amide bonds. The highest BCUT2D eigenvalue weighted by Gasteiger charge is 2.06. The van der Waals surface area contributed by atoms with E-state index in [1.54, 1.807) is 11.3 Å². The monoisotopic (exact) mass is 352 g/mol. The third-order valence-electron chi connectivity index (χ3n) is 2.66. The number of amides is 1. The van der Waals surface area contributed by atoms with Crippen LogP contribution in [0.2, 0.25) is 0 Å². The summed E-state index contributed by atoms with van der Waals surface area (Å²) in [5, 5.41) is 6.22. The molecule has 0 spiro atoms. The largest absolute Gasteiger partial charge is 0.380 e. The van der Waals surface area contributed by atoms with E-state index in [9.17, 15) is 4.79 Å². The second-order valence-corrected chi connectivity index (χ2v) is 7.31. The Hall–Kier alpha value is -1.33. The van der Waals surface area contributed by atoms with Crippen LogP contribution in [0.1, 0.15) is 29.1 Å².